The number of urea groups is 1. The van der Waals surface area contributed by atoms with Crippen molar-refractivity contribution in [1.82, 2.24) is 15.5 Å². The Morgan fingerprint density at radius 1 is 1.10 bits per heavy atom. The Kier molecular flexibility index (Phi) is 4.65. The normalized spacial score (nSPS) is 19.9. The highest BCUT2D eigenvalue weighted by atomic mass is 16.5. The van der Waals surface area contributed by atoms with Crippen LogP contribution in [-0.2, 0) is 21.6 Å². The van der Waals surface area contributed by atoms with Crippen molar-refractivity contribution in [3.63, 3.8) is 0 Å². The Morgan fingerprint density at radius 2 is 1.83 bits per heavy atom. The lowest BCUT2D eigenvalue weighted by Gasteiger charge is -2.31. The van der Waals surface area contributed by atoms with E-state index in [2.05, 4.69) is 10.6 Å². The van der Waals surface area contributed by atoms with Gasteiger partial charge in [-0.1, -0.05) is 18.2 Å². The average molecular weight is 409 g/mol. The van der Waals surface area contributed by atoms with E-state index < -0.39 is 23.4 Å². The fourth-order valence-electron chi connectivity index (χ4n) is 3.79. The third-order valence-electron chi connectivity index (χ3n) is 5.36. The van der Waals surface area contributed by atoms with Gasteiger partial charge in [0.25, 0.3) is 11.8 Å². The summed E-state index contributed by atoms with van der Waals surface area (Å²) < 4.78 is 9.88. The van der Waals surface area contributed by atoms with Crippen molar-refractivity contribution in [2.75, 3.05) is 20.8 Å². The van der Waals surface area contributed by atoms with Gasteiger partial charge in [-0.15, -0.1) is 0 Å². The lowest BCUT2D eigenvalue weighted by Crippen LogP contribution is -2.52. The molecule has 2 heterocycles. The van der Waals surface area contributed by atoms with Gasteiger partial charge in [-0.2, -0.15) is 0 Å². The fourth-order valence-corrected chi connectivity index (χ4v) is 3.79. The van der Waals surface area contributed by atoms with Gasteiger partial charge in [0, 0.05) is 12.1 Å². The Labute approximate surface area is 171 Å². The summed E-state index contributed by atoms with van der Waals surface area (Å²) in [5.74, 6) is -0.790. The standard InChI is InChI=1S/C21H19N3O6/c1-29-15-8-5-13-10-24(17(25)16(13)9-15)11-21(19(27)22-20(28)23-21)14-6-3-12(4-7-14)18(26)30-2/h3-9H,10-11H2,1-2H3,(H2,22,23,27,28)/t21-/m1/s1. The Balaban J connectivity index is 1.68. The molecular formula is C21H19N3O6. The quantitative estimate of drug-likeness (QED) is 0.566. The number of imide groups is 1. The van der Waals surface area contributed by atoms with Crippen molar-refractivity contribution in [3.05, 3.63) is 64.7 Å². The number of methoxy groups -OCH3 is 2. The molecule has 30 heavy (non-hydrogen) atoms. The number of nitrogens with zero attached hydrogens (tertiary/aromatic N) is 1. The van der Waals surface area contributed by atoms with E-state index in [1.165, 1.54) is 31.3 Å². The van der Waals surface area contributed by atoms with Crippen molar-refractivity contribution < 1.29 is 28.7 Å². The number of hydrogen-bond acceptors (Lipinski definition) is 6. The average Bonchev–Trinajstić information content (AvgIpc) is 3.22. The highest BCUT2D eigenvalue weighted by Crippen LogP contribution is 2.32. The second kappa shape index (κ2) is 7.18. The predicted molar refractivity (Wildman–Crippen MR) is 104 cm³/mol. The van der Waals surface area contributed by atoms with E-state index in [9.17, 15) is 19.2 Å². The zero-order valence-electron chi connectivity index (χ0n) is 16.4. The van der Waals surface area contributed by atoms with Gasteiger partial charge in [-0.3, -0.25) is 14.9 Å². The summed E-state index contributed by atoms with van der Waals surface area (Å²) in [5.41, 5.74) is 0.572. The van der Waals surface area contributed by atoms with Crippen LogP contribution in [0.5, 0.6) is 5.75 Å². The highest BCUT2D eigenvalue weighted by molar-refractivity contribution is 6.08. The molecule has 0 saturated carbocycles. The van der Waals surface area contributed by atoms with Gasteiger partial charge < -0.3 is 19.7 Å². The first kappa shape index (κ1) is 19.4. The molecule has 1 atom stereocenters. The van der Waals surface area contributed by atoms with Gasteiger partial charge in [0.1, 0.15) is 5.75 Å². The van der Waals surface area contributed by atoms with Crippen LogP contribution < -0.4 is 15.4 Å². The summed E-state index contributed by atoms with van der Waals surface area (Å²) in [4.78, 5) is 51.0. The number of amides is 4. The van der Waals surface area contributed by atoms with Crippen LogP contribution in [0.15, 0.2) is 42.5 Å². The number of benzene rings is 2. The minimum absolute atomic E-state index is 0.0715. The molecule has 2 aromatic rings. The number of carbonyl (C=O) groups excluding carboxylic acids is 4. The van der Waals surface area contributed by atoms with Crippen molar-refractivity contribution in [3.8, 4) is 5.75 Å². The van der Waals surface area contributed by atoms with Gasteiger partial charge in [-0.25, -0.2) is 9.59 Å². The molecule has 9 heteroatoms. The van der Waals surface area contributed by atoms with Gasteiger partial charge in [0.05, 0.1) is 26.3 Å². The van der Waals surface area contributed by atoms with Gasteiger partial charge in [0.2, 0.25) is 0 Å². The van der Waals surface area contributed by atoms with Crippen LogP contribution in [0.4, 0.5) is 4.79 Å². The number of esters is 1. The van der Waals surface area contributed by atoms with Crippen LogP contribution in [0.1, 0.15) is 31.8 Å². The maximum Gasteiger partial charge on any atom is 0.337 e. The Hall–Kier alpha value is -3.88. The summed E-state index contributed by atoms with van der Waals surface area (Å²) in [7, 11) is 2.79. The molecular weight excluding hydrogens is 390 g/mol. The molecule has 1 fully saturated rings. The monoisotopic (exact) mass is 409 g/mol. The molecule has 0 aliphatic carbocycles. The zero-order valence-corrected chi connectivity index (χ0v) is 16.4. The van der Waals surface area contributed by atoms with Crippen LogP contribution >= 0.6 is 0 Å². The van der Waals surface area contributed by atoms with Crippen molar-refractivity contribution in [1.29, 1.82) is 0 Å². The molecule has 0 unspecified atom stereocenters. The largest absolute Gasteiger partial charge is 0.497 e. The van der Waals surface area contributed by atoms with Crippen LogP contribution in [-0.4, -0.2) is 49.5 Å². The van der Waals surface area contributed by atoms with Gasteiger partial charge in [0.15, 0.2) is 5.54 Å². The molecule has 2 aliphatic rings. The molecule has 9 nitrogen and oxygen atoms in total. The van der Waals surface area contributed by atoms with Crippen LogP contribution in [0.25, 0.3) is 0 Å². The van der Waals surface area contributed by atoms with Crippen LogP contribution in [0.2, 0.25) is 0 Å². The molecule has 0 bridgehead atoms. The summed E-state index contributed by atoms with van der Waals surface area (Å²) >= 11 is 0. The molecule has 4 rings (SSSR count). The third-order valence-corrected chi connectivity index (χ3v) is 5.36. The van der Waals surface area contributed by atoms with Crippen LogP contribution in [0, 0.1) is 0 Å². The summed E-state index contributed by atoms with van der Waals surface area (Å²) in [6, 6.07) is 10.7. The van der Waals surface area contributed by atoms with E-state index in [-0.39, 0.29) is 12.5 Å². The van der Waals surface area contributed by atoms with Crippen molar-refractivity contribution in [2.24, 2.45) is 0 Å². The number of ether oxygens (including phenoxy) is 2. The molecule has 2 aliphatic heterocycles. The van der Waals surface area contributed by atoms with E-state index >= 15 is 0 Å². The minimum Gasteiger partial charge on any atom is -0.497 e. The first-order chi connectivity index (χ1) is 14.4. The van der Waals surface area contributed by atoms with E-state index in [1.807, 2.05) is 0 Å². The minimum atomic E-state index is -1.48. The number of carbonyl (C=O) groups is 4. The first-order valence-corrected chi connectivity index (χ1v) is 9.16. The van der Waals surface area contributed by atoms with Crippen LogP contribution in [0.3, 0.4) is 0 Å². The fraction of sp³-hybridized carbons (Fsp3) is 0.238. The van der Waals surface area contributed by atoms with E-state index in [4.69, 9.17) is 9.47 Å². The first-order valence-electron chi connectivity index (χ1n) is 9.16. The smallest absolute Gasteiger partial charge is 0.337 e. The molecule has 1 saturated heterocycles. The van der Waals surface area contributed by atoms with Gasteiger partial charge in [-0.05, 0) is 35.4 Å². The van der Waals surface area contributed by atoms with Crippen molar-refractivity contribution in [2.45, 2.75) is 12.1 Å². The maximum absolute atomic E-state index is 13.0. The van der Waals surface area contributed by atoms with Gasteiger partial charge >= 0.3 is 12.0 Å². The SMILES string of the molecule is COC(=O)c1ccc([C@@]2(CN3Cc4ccc(OC)cc4C3=O)NC(=O)NC2=O)cc1. The highest BCUT2D eigenvalue weighted by Gasteiger charge is 2.50. The van der Waals surface area contributed by atoms with E-state index in [1.54, 1.807) is 30.3 Å². The summed E-state index contributed by atoms with van der Waals surface area (Å²) in [6.07, 6.45) is 0. The third kappa shape index (κ3) is 3.04. The number of fused-ring (bicyclic) bond motifs is 1. The van der Waals surface area contributed by atoms with E-state index in [0.717, 1.165) is 5.56 Å². The topological polar surface area (TPSA) is 114 Å². The Morgan fingerprint density at radius 3 is 2.43 bits per heavy atom. The molecule has 2 N–H and O–H groups in total. The van der Waals surface area contributed by atoms with Crippen molar-refractivity contribution >= 4 is 23.8 Å². The predicted octanol–water partition coefficient (Wildman–Crippen LogP) is 1.17. The molecule has 0 aromatic heterocycles. The molecule has 0 spiro atoms. The zero-order chi connectivity index (χ0) is 21.5. The maximum atomic E-state index is 13.0. The molecule has 154 valence electrons. The molecule has 2 aromatic carbocycles. The lowest BCUT2D eigenvalue weighted by atomic mass is 9.88. The molecule has 4 amide bonds. The Bertz CT molecular complexity index is 1060. The second-order valence-electron chi connectivity index (χ2n) is 7.07. The summed E-state index contributed by atoms with van der Waals surface area (Å²) in [5, 5.41) is 4.90. The molecule has 0 radical (unpaired) electrons. The van der Waals surface area contributed by atoms with E-state index in [0.29, 0.717) is 29.0 Å². The number of nitrogens with one attached hydrogen (secondary N) is 2. The number of hydrogen-bond donors (Lipinski definition) is 2. The second-order valence-corrected chi connectivity index (χ2v) is 7.07. The number of rotatable bonds is 5. The lowest BCUT2D eigenvalue weighted by molar-refractivity contribution is -0.124. The summed E-state index contributed by atoms with van der Waals surface area (Å²) in [6.45, 7) is 0.223.